The molecule has 3 rings (SSSR count). The van der Waals surface area contributed by atoms with Crippen LogP contribution in [0.4, 0.5) is 0 Å². The normalized spacial score (nSPS) is 13.2. The third kappa shape index (κ3) is 21.8. The van der Waals surface area contributed by atoms with Gasteiger partial charge in [0.25, 0.3) is 0 Å². The maximum atomic E-state index is 13.3. The van der Waals surface area contributed by atoms with Crippen molar-refractivity contribution in [2.75, 3.05) is 119 Å². The first-order chi connectivity index (χ1) is 31.1. The van der Waals surface area contributed by atoms with Gasteiger partial charge in [0.05, 0.1) is 84.8 Å². The molecule has 2 atom stereocenters. The molecule has 0 saturated carbocycles. The van der Waals surface area contributed by atoms with Crippen molar-refractivity contribution < 1.29 is 76.0 Å². The van der Waals surface area contributed by atoms with Gasteiger partial charge in [-0.05, 0) is 44.2 Å². The number of carbonyl (C=O) groups excluding carboxylic acids is 3. The zero-order valence-corrected chi connectivity index (χ0v) is 37.4. The minimum atomic E-state index is -1.02. The van der Waals surface area contributed by atoms with Crippen LogP contribution >= 0.6 is 11.3 Å². The van der Waals surface area contributed by atoms with Crippen molar-refractivity contribution in [3.63, 3.8) is 0 Å². The number of esters is 3. The summed E-state index contributed by atoms with van der Waals surface area (Å²) in [7, 11) is 0. The van der Waals surface area contributed by atoms with Gasteiger partial charge >= 0.3 is 17.9 Å². The summed E-state index contributed by atoms with van der Waals surface area (Å²) in [5, 5.41) is 4.72. The van der Waals surface area contributed by atoms with Crippen molar-refractivity contribution >= 4 is 49.4 Å². The van der Waals surface area contributed by atoms with E-state index in [4.69, 9.17) is 61.6 Å². The van der Waals surface area contributed by atoms with Gasteiger partial charge in [0.1, 0.15) is 39.0 Å². The van der Waals surface area contributed by atoms with Crippen LogP contribution in [0.2, 0.25) is 0 Å². The molecular formula is C45H61NO17S. The van der Waals surface area contributed by atoms with Crippen molar-refractivity contribution in [3.8, 4) is 5.75 Å². The quantitative estimate of drug-likeness (QED) is 0.0215. The van der Waals surface area contributed by atoms with E-state index in [0.29, 0.717) is 23.1 Å². The largest absolute Gasteiger partial charge is 0.492 e. The molecule has 1 aromatic heterocycles. The molecule has 0 amide bonds. The van der Waals surface area contributed by atoms with Crippen molar-refractivity contribution in [1.29, 1.82) is 0 Å². The van der Waals surface area contributed by atoms with Gasteiger partial charge in [-0.25, -0.2) is 14.4 Å². The first kappa shape index (κ1) is 53.7. The molecule has 0 fully saturated rings. The number of hydrogen-bond donors (Lipinski definition) is 1. The highest BCUT2D eigenvalue weighted by Gasteiger charge is 2.33. The van der Waals surface area contributed by atoms with E-state index in [-0.39, 0.29) is 118 Å². The molecule has 64 heavy (non-hydrogen) atoms. The topological polar surface area (TPSA) is 200 Å². The van der Waals surface area contributed by atoms with Crippen molar-refractivity contribution in [2.24, 2.45) is 0 Å². The van der Waals surface area contributed by atoms with Crippen molar-refractivity contribution in [1.82, 2.24) is 5.32 Å². The maximum absolute atomic E-state index is 13.3. The molecule has 1 heterocycles. The lowest BCUT2D eigenvalue weighted by molar-refractivity contribution is -0.190. The maximum Gasteiger partial charge on any atom is 0.330 e. The summed E-state index contributed by atoms with van der Waals surface area (Å²) in [6, 6.07) is 13.0. The molecule has 3 aromatic rings. The Morgan fingerprint density at radius 3 is 1.66 bits per heavy atom. The molecule has 0 bridgehead atoms. The third-order valence-corrected chi connectivity index (χ3v) is 9.75. The molecule has 0 aliphatic rings. The van der Waals surface area contributed by atoms with Crippen LogP contribution in [0, 0.1) is 0 Å². The van der Waals surface area contributed by atoms with Gasteiger partial charge in [-0.1, -0.05) is 31.9 Å². The number of benzene rings is 2. The highest BCUT2D eigenvalue weighted by Crippen LogP contribution is 2.27. The summed E-state index contributed by atoms with van der Waals surface area (Å²) in [4.78, 5) is 47.0. The summed E-state index contributed by atoms with van der Waals surface area (Å²) < 4.78 is 74.7. The van der Waals surface area contributed by atoms with Gasteiger partial charge in [-0.2, -0.15) is 0 Å². The van der Waals surface area contributed by atoms with Crippen LogP contribution in [0.5, 0.6) is 5.75 Å². The van der Waals surface area contributed by atoms with E-state index in [9.17, 15) is 19.2 Å². The molecule has 19 heteroatoms. The molecule has 2 aromatic carbocycles. The van der Waals surface area contributed by atoms with Crippen molar-refractivity contribution in [2.45, 2.75) is 32.0 Å². The van der Waals surface area contributed by atoms with E-state index < -0.39 is 36.0 Å². The van der Waals surface area contributed by atoms with E-state index in [1.807, 2.05) is 36.4 Å². The zero-order valence-electron chi connectivity index (χ0n) is 36.6. The van der Waals surface area contributed by atoms with E-state index in [0.717, 1.165) is 27.6 Å². The van der Waals surface area contributed by atoms with E-state index in [1.54, 1.807) is 31.3 Å². The van der Waals surface area contributed by atoms with Gasteiger partial charge in [0.15, 0.2) is 18.0 Å². The smallest absolute Gasteiger partial charge is 0.330 e. The summed E-state index contributed by atoms with van der Waals surface area (Å²) in [5.41, 5.74) is -1.08. The minimum absolute atomic E-state index is 0.0301. The Morgan fingerprint density at radius 1 is 0.594 bits per heavy atom. The van der Waals surface area contributed by atoms with Crippen LogP contribution in [0.15, 0.2) is 85.2 Å². The van der Waals surface area contributed by atoms with Gasteiger partial charge in [0, 0.05) is 44.9 Å². The predicted octanol–water partition coefficient (Wildman–Crippen LogP) is 4.11. The molecule has 0 saturated heterocycles. The van der Waals surface area contributed by atoms with Crippen LogP contribution in [0.25, 0.3) is 20.2 Å². The number of hydrogen-bond acceptors (Lipinski definition) is 19. The van der Waals surface area contributed by atoms with Gasteiger partial charge in [-0.3, -0.25) is 4.79 Å². The predicted molar refractivity (Wildman–Crippen MR) is 237 cm³/mol. The third-order valence-electron chi connectivity index (χ3n) is 8.60. The number of rotatable bonds is 38. The van der Waals surface area contributed by atoms with Crippen LogP contribution in [0.1, 0.15) is 13.8 Å². The highest BCUT2D eigenvalue weighted by atomic mass is 32.1. The lowest BCUT2D eigenvalue weighted by Crippen LogP contribution is -2.58. The fourth-order valence-corrected chi connectivity index (χ4v) is 6.44. The summed E-state index contributed by atoms with van der Waals surface area (Å²) in [6.45, 7) is 16.1. The number of ether oxygens (including phenoxy) is 13. The first-order valence-corrected chi connectivity index (χ1v) is 21.5. The van der Waals surface area contributed by atoms with Crippen LogP contribution in [-0.4, -0.2) is 155 Å². The second kappa shape index (κ2) is 32.1. The molecule has 0 aliphatic heterocycles. The second-order valence-electron chi connectivity index (χ2n) is 13.5. The molecule has 18 nitrogen and oxygen atoms in total. The summed E-state index contributed by atoms with van der Waals surface area (Å²) in [5.74, 6) is -1.06. The average molecular weight is 920 g/mol. The van der Waals surface area contributed by atoms with Crippen LogP contribution in [0.3, 0.4) is 0 Å². The lowest BCUT2D eigenvalue weighted by atomic mass is 10.0. The lowest BCUT2D eigenvalue weighted by Gasteiger charge is -2.36. The molecule has 0 aliphatic carbocycles. The zero-order chi connectivity index (χ0) is 46.3. The first-order valence-electron chi connectivity index (χ1n) is 20.7. The summed E-state index contributed by atoms with van der Waals surface area (Å²) >= 11 is 1.54. The average Bonchev–Trinajstić information content (AvgIpc) is 3.31. The second-order valence-corrected chi connectivity index (χ2v) is 14.6. The Labute approximate surface area is 377 Å². The summed E-state index contributed by atoms with van der Waals surface area (Å²) in [6.07, 6.45) is 1.86. The Balaban J connectivity index is 1.65. The van der Waals surface area contributed by atoms with Gasteiger partial charge in [0.2, 0.25) is 0 Å². The monoisotopic (exact) mass is 919 g/mol. The van der Waals surface area contributed by atoms with E-state index in [1.165, 1.54) is 0 Å². The van der Waals surface area contributed by atoms with E-state index >= 15 is 0 Å². The molecular weight excluding hydrogens is 859 g/mol. The molecule has 2 unspecified atom stereocenters. The van der Waals surface area contributed by atoms with Crippen molar-refractivity contribution in [3.05, 3.63) is 90.7 Å². The molecule has 354 valence electrons. The van der Waals surface area contributed by atoms with E-state index in [2.05, 4.69) is 25.1 Å². The minimum Gasteiger partial charge on any atom is -0.492 e. The number of carbonyl (C=O) groups is 3. The SMILES string of the molecule is C=CC(=O)OCCOCCOCOCC(COC(C)OCCOCCOC(=O)C=C)(COC(C)OCCOCCOC(=O)C=C)NCCOc1ccc2sc3ccccc3c(=O)c2c1. The Hall–Kier alpha value is -4.64. The molecule has 1 N–H and O–H groups in total. The van der Waals surface area contributed by atoms with Gasteiger partial charge in [-0.15, -0.1) is 11.3 Å². The van der Waals surface area contributed by atoms with Gasteiger partial charge < -0.3 is 66.9 Å². The fraction of sp³-hybridized carbons (Fsp3) is 0.511. The molecule has 0 radical (unpaired) electrons. The fourth-order valence-electron chi connectivity index (χ4n) is 5.39. The number of fused-ring (bicyclic) bond motifs is 2. The number of nitrogens with one attached hydrogen (secondary N) is 1. The Kier molecular flexibility index (Phi) is 26.9. The molecule has 0 spiro atoms. The Morgan fingerprint density at radius 2 is 1.09 bits per heavy atom. The highest BCUT2D eigenvalue weighted by molar-refractivity contribution is 7.24. The van der Waals surface area contributed by atoms with Crippen LogP contribution < -0.4 is 15.5 Å². The standard InChI is InChI=1S/C45H61NO17S/c1-6-41(47)59-26-21-51-17-18-54-33-55-30-45(31-62-34(4)56-24-19-52-22-27-60-42(48)7-2,32-63-35(5)57-25-20-53-23-28-61-43(49)8-3)46-15-16-58-36-13-14-40-38(29-36)44(50)37-11-9-10-12-39(37)64-40/h6-14,29,34-35,46H,1-3,15-28,30-33H2,4-5H3. The Bertz CT molecular complexity index is 1880. The van der Waals surface area contributed by atoms with Crippen LogP contribution in [-0.2, 0) is 71.2 Å².